The molecule has 0 bridgehead atoms. The van der Waals surface area contributed by atoms with E-state index in [0.29, 0.717) is 12.4 Å². The smallest absolute Gasteiger partial charge is 0.125 e. The van der Waals surface area contributed by atoms with Crippen molar-refractivity contribution in [3.05, 3.63) is 18.3 Å². The third-order valence-electron chi connectivity index (χ3n) is 3.19. The highest BCUT2D eigenvalue weighted by Gasteiger charge is 2.28. The van der Waals surface area contributed by atoms with Gasteiger partial charge in [-0.15, -0.1) is 0 Å². The summed E-state index contributed by atoms with van der Waals surface area (Å²) in [5.41, 5.74) is 5.96. The minimum Gasteiger partial charge on any atom is -0.388 e. The second-order valence-electron chi connectivity index (χ2n) is 4.61. The number of hydrogen-bond acceptors (Lipinski definition) is 4. The molecular weight excluding hydrogens is 202 g/mol. The van der Waals surface area contributed by atoms with Gasteiger partial charge in [0, 0.05) is 24.5 Å². The molecular formula is C12H19N3O. The summed E-state index contributed by atoms with van der Waals surface area (Å²) < 4.78 is 0. The Morgan fingerprint density at radius 1 is 1.38 bits per heavy atom. The lowest BCUT2D eigenvalue weighted by Crippen LogP contribution is -2.38. The highest BCUT2D eigenvalue weighted by atomic mass is 16.3. The number of aliphatic hydroxyl groups is 1. The number of rotatable bonds is 3. The maximum Gasteiger partial charge on any atom is 0.125 e. The van der Waals surface area contributed by atoms with E-state index in [4.69, 9.17) is 5.73 Å². The zero-order valence-electron chi connectivity index (χ0n) is 9.45. The van der Waals surface area contributed by atoms with Gasteiger partial charge in [0.05, 0.1) is 5.60 Å². The molecule has 1 saturated carbocycles. The van der Waals surface area contributed by atoms with Crippen LogP contribution in [0, 0.1) is 0 Å². The third kappa shape index (κ3) is 2.85. The molecule has 2 rings (SSSR count). The third-order valence-corrected chi connectivity index (χ3v) is 3.19. The maximum absolute atomic E-state index is 10.3. The summed E-state index contributed by atoms with van der Waals surface area (Å²) in [4.78, 5) is 3.93. The zero-order valence-corrected chi connectivity index (χ0v) is 9.45. The summed E-state index contributed by atoms with van der Waals surface area (Å²) >= 11 is 0. The molecule has 0 atom stereocenters. The Bertz CT molecular complexity index is 348. The molecule has 0 aliphatic heterocycles. The normalized spacial score (nSPS) is 19.3. The van der Waals surface area contributed by atoms with Crippen LogP contribution in [-0.2, 0) is 0 Å². The van der Waals surface area contributed by atoms with Gasteiger partial charge >= 0.3 is 0 Å². The van der Waals surface area contributed by atoms with Gasteiger partial charge in [0.25, 0.3) is 0 Å². The molecule has 0 amide bonds. The van der Waals surface area contributed by atoms with Gasteiger partial charge < -0.3 is 16.2 Å². The summed E-state index contributed by atoms with van der Waals surface area (Å²) in [6.45, 7) is 0.594. The van der Waals surface area contributed by atoms with Crippen LogP contribution in [-0.4, -0.2) is 22.2 Å². The van der Waals surface area contributed by atoms with Crippen molar-refractivity contribution in [3.8, 4) is 0 Å². The highest BCUT2D eigenvalue weighted by Crippen LogP contribution is 2.28. The lowest BCUT2D eigenvalue weighted by Gasteiger charge is -2.32. The number of nitrogens with one attached hydrogen (secondary N) is 1. The van der Waals surface area contributed by atoms with Crippen LogP contribution in [0.15, 0.2) is 18.3 Å². The van der Waals surface area contributed by atoms with E-state index in [1.165, 1.54) is 6.42 Å². The Kier molecular flexibility index (Phi) is 3.29. The monoisotopic (exact) mass is 221 g/mol. The summed E-state index contributed by atoms with van der Waals surface area (Å²) in [7, 11) is 0. The summed E-state index contributed by atoms with van der Waals surface area (Å²) in [6.07, 6.45) is 6.93. The lowest BCUT2D eigenvalue weighted by molar-refractivity contribution is 0.0167. The molecule has 4 N–H and O–H groups in total. The van der Waals surface area contributed by atoms with Gasteiger partial charge in [-0.3, -0.25) is 0 Å². The molecule has 1 fully saturated rings. The lowest BCUT2D eigenvalue weighted by atomic mass is 9.85. The Morgan fingerprint density at radius 3 is 2.81 bits per heavy atom. The number of anilines is 2. The minimum absolute atomic E-state index is 0.501. The van der Waals surface area contributed by atoms with Crippen molar-refractivity contribution in [2.45, 2.75) is 37.7 Å². The van der Waals surface area contributed by atoms with Crippen LogP contribution < -0.4 is 11.1 Å². The van der Waals surface area contributed by atoms with Crippen LogP contribution in [0.4, 0.5) is 11.5 Å². The minimum atomic E-state index is -0.545. The molecule has 16 heavy (non-hydrogen) atoms. The van der Waals surface area contributed by atoms with Gasteiger partial charge in [0.15, 0.2) is 0 Å². The van der Waals surface area contributed by atoms with Crippen molar-refractivity contribution in [2.24, 2.45) is 0 Å². The van der Waals surface area contributed by atoms with Crippen LogP contribution in [0.5, 0.6) is 0 Å². The summed E-state index contributed by atoms with van der Waals surface area (Å²) in [5.74, 6) is 0.501. The van der Waals surface area contributed by atoms with Gasteiger partial charge in [-0.1, -0.05) is 19.3 Å². The van der Waals surface area contributed by atoms with E-state index in [9.17, 15) is 5.11 Å². The zero-order chi connectivity index (χ0) is 11.4. The summed E-state index contributed by atoms with van der Waals surface area (Å²) in [6, 6.07) is 3.65. The molecule has 0 spiro atoms. The van der Waals surface area contributed by atoms with E-state index in [0.717, 1.165) is 31.4 Å². The molecule has 1 aliphatic carbocycles. The van der Waals surface area contributed by atoms with Crippen molar-refractivity contribution < 1.29 is 5.11 Å². The van der Waals surface area contributed by atoms with Gasteiger partial charge in [-0.25, -0.2) is 4.98 Å². The molecule has 88 valence electrons. The van der Waals surface area contributed by atoms with Crippen molar-refractivity contribution >= 4 is 11.5 Å². The first kappa shape index (κ1) is 11.2. The van der Waals surface area contributed by atoms with Crippen molar-refractivity contribution in [2.75, 3.05) is 17.6 Å². The second kappa shape index (κ2) is 4.70. The predicted molar refractivity (Wildman–Crippen MR) is 65.2 cm³/mol. The van der Waals surface area contributed by atoms with Gasteiger partial charge in [-0.05, 0) is 18.9 Å². The molecule has 0 aromatic carbocycles. The average Bonchev–Trinajstić information content (AvgIpc) is 2.28. The number of hydrogen-bond donors (Lipinski definition) is 3. The van der Waals surface area contributed by atoms with E-state index in [2.05, 4.69) is 10.3 Å². The number of pyridine rings is 1. The SMILES string of the molecule is Nc1cc(NCC2(O)CCCCC2)ccn1. The van der Waals surface area contributed by atoms with Gasteiger partial charge in [0.2, 0.25) is 0 Å². The van der Waals surface area contributed by atoms with Crippen LogP contribution in [0.2, 0.25) is 0 Å². The molecule has 0 radical (unpaired) electrons. The van der Waals surface area contributed by atoms with Crippen LogP contribution in [0.1, 0.15) is 32.1 Å². The topological polar surface area (TPSA) is 71.2 Å². The molecule has 0 unspecified atom stereocenters. The summed E-state index contributed by atoms with van der Waals surface area (Å²) in [5, 5.41) is 13.5. The number of nitrogens with two attached hydrogens (primary N) is 1. The molecule has 1 aromatic heterocycles. The predicted octanol–water partition coefficient (Wildman–Crippen LogP) is 1.77. The number of nitrogens with zero attached hydrogens (tertiary/aromatic N) is 1. The first-order valence-electron chi connectivity index (χ1n) is 5.86. The first-order chi connectivity index (χ1) is 7.68. The number of aromatic nitrogens is 1. The van der Waals surface area contributed by atoms with E-state index in [1.54, 1.807) is 12.3 Å². The quantitative estimate of drug-likeness (QED) is 0.727. The highest BCUT2D eigenvalue weighted by molar-refractivity contribution is 5.49. The van der Waals surface area contributed by atoms with Crippen LogP contribution in [0.3, 0.4) is 0 Å². The fourth-order valence-electron chi connectivity index (χ4n) is 2.21. The van der Waals surface area contributed by atoms with E-state index < -0.39 is 5.60 Å². The molecule has 0 saturated heterocycles. The molecule has 1 aromatic rings. The first-order valence-corrected chi connectivity index (χ1v) is 5.86. The largest absolute Gasteiger partial charge is 0.388 e. The number of nitrogen functional groups attached to an aromatic ring is 1. The Hall–Kier alpha value is -1.29. The van der Waals surface area contributed by atoms with Gasteiger partial charge in [0.1, 0.15) is 5.82 Å². The average molecular weight is 221 g/mol. The van der Waals surface area contributed by atoms with E-state index in [1.807, 2.05) is 6.07 Å². The van der Waals surface area contributed by atoms with Crippen LogP contribution in [0.25, 0.3) is 0 Å². The Labute approximate surface area is 95.9 Å². The fraction of sp³-hybridized carbons (Fsp3) is 0.583. The standard InChI is InChI=1S/C12H19N3O/c13-11-8-10(4-7-14-11)15-9-12(16)5-2-1-3-6-12/h4,7-8,16H,1-3,5-6,9H2,(H3,13,14,15). The van der Waals surface area contributed by atoms with Crippen molar-refractivity contribution in [1.29, 1.82) is 0 Å². The Morgan fingerprint density at radius 2 is 2.12 bits per heavy atom. The second-order valence-corrected chi connectivity index (χ2v) is 4.61. The fourth-order valence-corrected chi connectivity index (χ4v) is 2.21. The maximum atomic E-state index is 10.3. The van der Waals surface area contributed by atoms with Crippen molar-refractivity contribution in [1.82, 2.24) is 4.98 Å². The van der Waals surface area contributed by atoms with Crippen molar-refractivity contribution in [3.63, 3.8) is 0 Å². The van der Waals surface area contributed by atoms with E-state index in [-0.39, 0.29) is 0 Å². The van der Waals surface area contributed by atoms with Crippen LogP contribution >= 0.6 is 0 Å². The van der Waals surface area contributed by atoms with Gasteiger partial charge in [-0.2, -0.15) is 0 Å². The Balaban J connectivity index is 1.91. The molecule has 4 heteroatoms. The molecule has 4 nitrogen and oxygen atoms in total. The molecule has 1 heterocycles. The molecule has 1 aliphatic rings. The van der Waals surface area contributed by atoms with E-state index >= 15 is 0 Å².